The van der Waals surface area contributed by atoms with Gasteiger partial charge in [0, 0.05) is 6.20 Å². The van der Waals surface area contributed by atoms with E-state index in [1.807, 2.05) is 13.0 Å². The maximum atomic E-state index is 14.2. The lowest BCUT2D eigenvalue weighted by molar-refractivity contribution is 0.568. The van der Waals surface area contributed by atoms with Crippen molar-refractivity contribution in [1.29, 1.82) is 5.26 Å². The van der Waals surface area contributed by atoms with E-state index < -0.39 is 0 Å². The number of benzene rings is 1. The highest BCUT2D eigenvalue weighted by atomic mass is 19.1. The fourth-order valence-corrected chi connectivity index (χ4v) is 3.55. The Hall–Kier alpha value is -4.65. The molecule has 1 unspecified atom stereocenters. The lowest BCUT2D eigenvalue weighted by Crippen LogP contribution is -2.10. The van der Waals surface area contributed by atoms with E-state index in [0.29, 0.717) is 33.8 Å². The third-order valence-corrected chi connectivity index (χ3v) is 5.15. The molecule has 0 amide bonds. The number of hydrogen-bond donors (Lipinski definition) is 1. The minimum atomic E-state index is -0.354. The molecule has 0 fully saturated rings. The zero-order valence-corrected chi connectivity index (χ0v) is 16.9. The molecular formula is C22H16FN9. The number of anilines is 1. The van der Waals surface area contributed by atoms with Crippen molar-refractivity contribution in [2.75, 3.05) is 5.73 Å². The number of nitrogens with zero attached hydrogens (tertiary/aromatic N) is 8. The van der Waals surface area contributed by atoms with Crippen LogP contribution >= 0.6 is 0 Å². The van der Waals surface area contributed by atoms with Gasteiger partial charge in [0.2, 0.25) is 0 Å². The summed E-state index contributed by atoms with van der Waals surface area (Å²) in [5.41, 5.74) is 8.92. The Labute approximate surface area is 181 Å². The molecule has 156 valence electrons. The van der Waals surface area contributed by atoms with Crippen molar-refractivity contribution in [3.05, 3.63) is 78.5 Å². The van der Waals surface area contributed by atoms with Crippen LogP contribution in [0.15, 0.2) is 61.3 Å². The Bertz CT molecular complexity index is 1500. The summed E-state index contributed by atoms with van der Waals surface area (Å²) in [5.74, 6) is -0.0932. The van der Waals surface area contributed by atoms with E-state index in [2.05, 4.69) is 19.9 Å². The molecule has 9 nitrogen and oxygen atoms in total. The van der Waals surface area contributed by atoms with Crippen molar-refractivity contribution in [3.63, 3.8) is 0 Å². The van der Waals surface area contributed by atoms with Gasteiger partial charge in [0.1, 0.15) is 35.4 Å². The largest absolute Gasteiger partial charge is 0.383 e. The Balaban J connectivity index is 1.63. The lowest BCUT2D eigenvalue weighted by Gasteiger charge is -2.10. The first-order chi connectivity index (χ1) is 15.6. The van der Waals surface area contributed by atoms with Crippen LogP contribution in [0.25, 0.3) is 28.1 Å². The Morgan fingerprint density at radius 1 is 1.09 bits per heavy atom. The third-order valence-electron chi connectivity index (χ3n) is 5.15. The van der Waals surface area contributed by atoms with Crippen molar-refractivity contribution in [2.45, 2.75) is 13.0 Å². The zero-order chi connectivity index (χ0) is 22.2. The Morgan fingerprint density at radius 2 is 1.94 bits per heavy atom. The average Bonchev–Trinajstić information content (AvgIpc) is 3.45. The number of para-hydroxylation sites is 1. The highest BCUT2D eigenvalue weighted by Crippen LogP contribution is 2.32. The summed E-state index contributed by atoms with van der Waals surface area (Å²) < 4.78 is 17.5. The fraction of sp³-hybridized carbons (Fsp3) is 0.0909. The summed E-state index contributed by atoms with van der Waals surface area (Å²) in [7, 11) is 0. The van der Waals surface area contributed by atoms with Gasteiger partial charge in [-0.2, -0.15) is 10.4 Å². The first kappa shape index (κ1) is 19.3. The van der Waals surface area contributed by atoms with E-state index in [0.717, 1.165) is 0 Å². The van der Waals surface area contributed by atoms with Gasteiger partial charge in [-0.15, -0.1) is 0 Å². The second-order valence-corrected chi connectivity index (χ2v) is 7.10. The number of nitriles is 1. The predicted molar refractivity (Wildman–Crippen MR) is 115 cm³/mol. The number of rotatable bonds is 4. The summed E-state index contributed by atoms with van der Waals surface area (Å²) in [6.45, 7) is 1.90. The normalized spacial score (nSPS) is 12.0. The Morgan fingerprint density at radius 3 is 2.75 bits per heavy atom. The fourth-order valence-electron chi connectivity index (χ4n) is 3.55. The quantitative estimate of drug-likeness (QED) is 0.468. The van der Waals surface area contributed by atoms with Crippen molar-refractivity contribution in [1.82, 2.24) is 34.3 Å². The van der Waals surface area contributed by atoms with Crippen LogP contribution in [-0.4, -0.2) is 34.3 Å². The topological polar surface area (TPSA) is 124 Å². The number of nitrogens with two attached hydrogens (primary N) is 1. The van der Waals surface area contributed by atoms with Crippen LogP contribution in [0.4, 0.5) is 10.2 Å². The number of pyridine rings is 1. The van der Waals surface area contributed by atoms with Crippen LogP contribution in [0, 0.1) is 17.1 Å². The van der Waals surface area contributed by atoms with Gasteiger partial charge in [0.15, 0.2) is 5.65 Å². The third kappa shape index (κ3) is 3.13. The van der Waals surface area contributed by atoms with Crippen LogP contribution in [0.3, 0.4) is 0 Å². The second-order valence-electron chi connectivity index (χ2n) is 7.10. The van der Waals surface area contributed by atoms with Crippen molar-refractivity contribution < 1.29 is 4.39 Å². The van der Waals surface area contributed by atoms with Crippen LogP contribution < -0.4 is 5.73 Å². The van der Waals surface area contributed by atoms with Crippen LogP contribution in [-0.2, 0) is 0 Å². The van der Waals surface area contributed by atoms with Crippen LogP contribution in [0.2, 0.25) is 0 Å². The molecule has 4 aromatic heterocycles. The average molecular weight is 425 g/mol. The monoisotopic (exact) mass is 425 g/mol. The molecule has 5 rings (SSSR count). The molecule has 32 heavy (non-hydrogen) atoms. The molecule has 5 aromatic rings. The number of hydrogen-bond acceptors (Lipinski definition) is 7. The molecule has 0 saturated carbocycles. The molecule has 4 heterocycles. The van der Waals surface area contributed by atoms with E-state index in [1.165, 1.54) is 12.4 Å². The minimum Gasteiger partial charge on any atom is -0.383 e. The molecule has 0 radical (unpaired) electrons. The summed E-state index contributed by atoms with van der Waals surface area (Å²) in [4.78, 5) is 17.3. The summed E-state index contributed by atoms with van der Waals surface area (Å²) in [6.07, 6.45) is 4.66. The van der Waals surface area contributed by atoms with Gasteiger partial charge in [-0.1, -0.05) is 18.2 Å². The smallest absolute Gasteiger partial charge is 0.164 e. The molecule has 0 aliphatic carbocycles. The molecule has 10 heteroatoms. The molecule has 1 atom stereocenters. The first-order valence-electron chi connectivity index (χ1n) is 9.72. The van der Waals surface area contributed by atoms with Gasteiger partial charge in [-0.3, -0.25) is 0 Å². The van der Waals surface area contributed by atoms with Gasteiger partial charge in [0.25, 0.3) is 0 Å². The van der Waals surface area contributed by atoms with Gasteiger partial charge in [-0.05, 0) is 31.2 Å². The number of halogens is 1. The highest BCUT2D eigenvalue weighted by molar-refractivity contribution is 5.97. The summed E-state index contributed by atoms with van der Waals surface area (Å²) in [6, 6.07) is 13.2. The standard InChI is InChI=1S/C22H16FN9/c1-13(17-10-31(12-28-17)18-8-3-2-6-15(18)23)32-22-19(21(25)26-11-27-22)20(30-32)16-7-4-5-14(9-24)29-16/h2-8,10-13H,1H3,(H2,25,26,27). The maximum absolute atomic E-state index is 14.2. The Kier molecular flexibility index (Phi) is 4.56. The molecule has 0 saturated heterocycles. The van der Waals surface area contributed by atoms with Crippen molar-refractivity contribution in [3.8, 4) is 23.1 Å². The number of nitrogen functional groups attached to an aromatic ring is 1. The number of aromatic nitrogens is 7. The second kappa shape index (κ2) is 7.55. The highest BCUT2D eigenvalue weighted by Gasteiger charge is 2.23. The van der Waals surface area contributed by atoms with E-state index in [9.17, 15) is 9.65 Å². The van der Waals surface area contributed by atoms with Gasteiger partial charge < -0.3 is 10.3 Å². The van der Waals surface area contributed by atoms with E-state index in [-0.39, 0.29) is 23.4 Å². The van der Waals surface area contributed by atoms with Gasteiger partial charge in [0.05, 0.1) is 34.8 Å². The minimum absolute atomic E-state index is 0.254. The van der Waals surface area contributed by atoms with Crippen LogP contribution in [0.1, 0.15) is 24.4 Å². The molecule has 0 aliphatic heterocycles. The molecule has 0 bridgehead atoms. The molecule has 2 N–H and O–H groups in total. The molecule has 0 aliphatic rings. The number of fused-ring (bicyclic) bond motifs is 1. The van der Waals surface area contributed by atoms with Gasteiger partial charge in [-0.25, -0.2) is 29.0 Å². The first-order valence-corrected chi connectivity index (χ1v) is 9.72. The maximum Gasteiger partial charge on any atom is 0.164 e. The zero-order valence-electron chi connectivity index (χ0n) is 16.9. The van der Waals surface area contributed by atoms with E-state index in [4.69, 9.17) is 10.8 Å². The van der Waals surface area contributed by atoms with Gasteiger partial charge >= 0.3 is 0 Å². The van der Waals surface area contributed by atoms with Crippen molar-refractivity contribution in [2.24, 2.45) is 0 Å². The molecule has 1 aromatic carbocycles. The molecule has 0 spiro atoms. The van der Waals surface area contributed by atoms with E-state index in [1.54, 1.807) is 58.2 Å². The number of imidazole rings is 1. The predicted octanol–water partition coefficient (Wildman–Crippen LogP) is 3.28. The molecular weight excluding hydrogens is 409 g/mol. The SMILES string of the molecule is CC(c1cn(-c2ccccc2F)cn1)n1nc(-c2cccc(C#N)n2)c2c(N)ncnc21. The van der Waals surface area contributed by atoms with Crippen LogP contribution in [0.5, 0.6) is 0 Å². The lowest BCUT2D eigenvalue weighted by atomic mass is 10.2. The van der Waals surface area contributed by atoms with E-state index >= 15 is 0 Å². The summed E-state index contributed by atoms with van der Waals surface area (Å²) >= 11 is 0. The summed E-state index contributed by atoms with van der Waals surface area (Å²) in [5, 5.41) is 14.5. The van der Waals surface area contributed by atoms with Crippen molar-refractivity contribution >= 4 is 16.9 Å².